The van der Waals surface area contributed by atoms with Crippen molar-refractivity contribution < 1.29 is 28.6 Å². The van der Waals surface area contributed by atoms with Crippen molar-refractivity contribution in [2.75, 3.05) is 4.90 Å². The highest BCUT2D eigenvalue weighted by Gasteiger charge is 2.42. The molecule has 0 aliphatic carbocycles. The van der Waals surface area contributed by atoms with Crippen LogP contribution in [-0.2, 0) is 0 Å². The normalized spacial score (nSPS) is 17.0. The highest BCUT2D eigenvalue weighted by molar-refractivity contribution is 7.80. The van der Waals surface area contributed by atoms with Gasteiger partial charge >= 0.3 is 11.9 Å². The van der Waals surface area contributed by atoms with E-state index >= 15 is 0 Å². The maximum Gasteiger partial charge on any atom is 0.335 e. The molecule has 2 aromatic carbocycles. The topological polar surface area (TPSA) is 116 Å². The lowest BCUT2D eigenvalue weighted by atomic mass is 10.0. The van der Waals surface area contributed by atoms with Crippen LogP contribution in [0.2, 0.25) is 0 Å². The van der Waals surface area contributed by atoms with Crippen LogP contribution in [0.15, 0.2) is 77.3 Å². The van der Waals surface area contributed by atoms with Crippen LogP contribution >= 0.6 is 12.2 Å². The molecule has 0 radical (unpaired) electrons. The second-order valence-corrected chi connectivity index (χ2v) is 8.93. The Morgan fingerprint density at radius 3 is 2.38 bits per heavy atom. The summed E-state index contributed by atoms with van der Waals surface area (Å²) < 4.78 is 20.2. The van der Waals surface area contributed by atoms with E-state index in [9.17, 15) is 24.2 Å². The number of hydrogen-bond donors (Lipinski definition) is 3. The highest BCUT2D eigenvalue weighted by Crippen LogP contribution is 2.43. The minimum Gasteiger partial charge on any atom is -0.478 e. The van der Waals surface area contributed by atoms with Gasteiger partial charge in [-0.3, -0.25) is 4.98 Å². The summed E-state index contributed by atoms with van der Waals surface area (Å²) in [5.74, 6) is -2.09. The zero-order chi connectivity index (χ0) is 26.3. The van der Waals surface area contributed by atoms with E-state index in [0.29, 0.717) is 33.4 Å². The molecule has 0 spiro atoms. The molecule has 0 bridgehead atoms. The first kappa shape index (κ1) is 24.1. The molecule has 0 saturated carbocycles. The van der Waals surface area contributed by atoms with Gasteiger partial charge in [0.05, 0.1) is 22.9 Å². The van der Waals surface area contributed by atoms with Crippen molar-refractivity contribution >= 4 is 35.0 Å². The Morgan fingerprint density at radius 1 is 1.03 bits per heavy atom. The molecule has 10 heteroatoms. The molecular formula is C27H20FN3O5S. The molecule has 0 unspecified atom stereocenters. The number of halogens is 1. The number of aromatic nitrogens is 1. The van der Waals surface area contributed by atoms with Gasteiger partial charge in [-0.1, -0.05) is 6.07 Å². The summed E-state index contributed by atoms with van der Waals surface area (Å²) in [6.07, 6.45) is 1.67. The van der Waals surface area contributed by atoms with Gasteiger partial charge in [-0.05, 0) is 85.4 Å². The number of aryl methyl sites for hydroxylation is 1. The van der Waals surface area contributed by atoms with E-state index in [2.05, 4.69) is 10.3 Å². The third kappa shape index (κ3) is 4.54. The molecule has 0 amide bonds. The second kappa shape index (κ2) is 9.47. The maximum absolute atomic E-state index is 14.0. The Labute approximate surface area is 216 Å². The van der Waals surface area contributed by atoms with Crippen LogP contribution in [0.5, 0.6) is 0 Å². The fraction of sp³-hybridized carbons (Fsp3) is 0.111. The molecular weight excluding hydrogens is 497 g/mol. The number of anilines is 1. The van der Waals surface area contributed by atoms with Gasteiger partial charge in [0.25, 0.3) is 0 Å². The van der Waals surface area contributed by atoms with Gasteiger partial charge in [0.2, 0.25) is 0 Å². The summed E-state index contributed by atoms with van der Waals surface area (Å²) in [4.78, 5) is 29.4. The van der Waals surface area contributed by atoms with Gasteiger partial charge in [0.1, 0.15) is 23.4 Å². The summed E-state index contributed by atoms with van der Waals surface area (Å²) in [5, 5.41) is 22.6. The Balaban J connectivity index is 1.62. The Morgan fingerprint density at radius 2 is 1.76 bits per heavy atom. The van der Waals surface area contributed by atoms with Crippen molar-refractivity contribution in [1.29, 1.82) is 0 Å². The SMILES string of the molecule is Cc1cc(N2C(=S)N[C@@H](c3ccccn3)[C@@H]2c2ccc(-c3cc(C(=O)O)cc(C(=O)O)c3)o2)ccc1F. The van der Waals surface area contributed by atoms with Gasteiger partial charge in [-0.25, -0.2) is 14.0 Å². The van der Waals surface area contributed by atoms with E-state index in [-0.39, 0.29) is 22.7 Å². The number of carbonyl (C=O) groups is 2. The van der Waals surface area contributed by atoms with Gasteiger partial charge in [-0.15, -0.1) is 0 Å². The monoisotopic (exact) mass is 517 g/mol. The molecule has 1 aliphatic rings. The summed E-state index contributed by atoms with van der Waals surface area (Å²) in [6.45, 7) is 1.66. The lowest BCUT2D eigenvalue weighted by Crippen LogP contribution is -2.29. The second-order valence-electron chi connectivity index (χ2n) is 8.54. The molecule has 1 saturated heterocycles. The van der Waals surface area contributed by atoms with Gasteiger partial charge in [0, 0.05) is 17.4 Å². The minimum absolute atomic E-state index is 0.175. The molecule has 3 heterocycles. The van der Waals surface area contributed by atoms with Crippen molar-refractivity contribution in [3.63, 3.8) is 0 Å². The molecule has 1 fully saturated rings. The van der Waals surface area contributed by atoms with Crippen molar-refractivity contribution in [2.24, 2.45) is 0 Å². The number of thiocarbonyl (C=S) groups is 1. The highest BCUT2D eigenvalue weighted by atomic mass is 32.1. The van der Waals surface area contributed by atoms with Crippen LogP contribution in [0.3, 0.4) is 0 Å². The van der Waals surface area contributed by atoms with E-state index in [1.165, 1.54) is 18.2 Å². The zero-order valence-corrected chi connectivity index (χ0v) is 20.2. The standard InChI is InChI=1S/C27H20FN3O5S/c1-14-10-18(5-6-19(14)28)31-24(23(30-27(31)37)20-4-2-3-9-29-20)22-8-7-21(36-22)15-11-16(25(32)33)13-17(12-15)26(34)35/h2-13,23-24H,1H3,(H,30,37)(H,32,33)(H,34,35)/t23-,24-/m0/s1. The van der Waals surface area contributed by atoms with Crippen LogP contribution in [0, 0.1) is 12.7 Å². The molecule has 2 atom stereocenters. The first-order chi connectivity index (χ1) is 17.7. The van der Waals surface area contributed by atoms with E-state index in [1.807, 2.05) is 17.0 Å². The lowest BCUT2D eigenvalue weighted by Gasteiger charge is -2.26. The molecule has 5 rings (SSSR count). The number of hydrogen-bond acceptors (Lipinski definition) is 5. The van der Waals surface area contributed by atoms with Gasteiger partial charge in [-0.2, -0.15) is 0 Å². The van der Waals surface area contributed by atoms with Crippen molar-refractivity contribution in [3.05, 3.63) is 107 Å². The zero-order valence-electron chi connectivity index (χ0n) is 19.4. The molecule has 1 aliphatic heterocycles. The number of nitrogens with zero attached hydrogens (tertiary/aromatic N) is 2. The van der Waals surface area contributed by atoms with Crippen LogP contribution < -0.4 is 10.2 Å². The van der Waals surface area contributed by atoms with E-state index in [4.69, 9.17) is 16.6 Å². The number of carboxylic acid groups (broad SMARTS) is 2. The molecule has 2 aromatic heterocycles. The lowest BCUT2D eigenvalue weighted by molar-refractivity contribution is 0.0696. The van der Waals surface area contributed by atoms with Crippen LogP contribution in [0.25, 0.3) is 11.3 Å². The molecule has 8 nitrogen and oxygen atoms in total. The van der Waals surface area contributed by atoms with Gasteiger partial charge in [0.15, 0.2) is 5.11 Å². The summed E-state index contributed by atoms with van der Waals surface area (Å²) in [7, 11) is 0. The largest absolute Gasteiger partial charge is 0.478 e. The van der Waals surface area contributed by atoms with Crippen LogP contribution in [0.4, 0.5) is 10.1 Å². The Hall–Kier alpha value is -4.57. The number of carboxylic acids is 2. The van der Waals surface area contributed by atoms with Crippen molar-refractivity contribution in [2.45, 2.75) is 19.0 Å². The third-order valence-electron chi connectivity index (χ3n) is 6.15. The number of pyridine rings is 1. The average Bonchev–Trinajstić information content (AvgIpc) is 3.50. The first-order valence-electron chi connectivity index (χ1n) is 11.2. The first-order valence-corrected chi connectivity index (χ1v) is 11.6. The molecule has 4 aromatic rings. The molecule has 3 N–H and O–H groups in total. The van der Waals surface area contributed by atoms with Crippen molar-refractivity contribution in [1.82, 2.24) is 10.3 Å². The molecule has 37 heavy (non-hydrogen) atoms. The number of nitrogens with one attached hydrogen (secondary N) is 1. The Bertz CT molecular complexity index is 1510. The molecule has 186 valence electrons. The van der Waals surface area contributed by atoms with E-state index in [1.54, 1.807) is 43.5 Å². The quantitative estimate of drug-likeness (QED) is 0.291. The van der Waals surface area contributed by atoms with E-state index < -0.39 is 24.0 Å². The Kier molecular flexibility index (Phi) is 6.18. The van der Waals surface area contributed by atoms with Crippen LogP contribution in [0.1, 0.15) is 49.8 Å². The predicted octanol–water partition coefficient (Wildman–Crippen LogP) is 5.36. The number of furan rings is 1. The minimum atomic E-state index is -1.26. The fourth-order valence-corrected chi connectivity index (χ4v) is 4.73. The smallest absolute Gasteiger partial charge is 0.335 e. The van der Waals surface area contributed by atoms with Crippen LogP contribution in [-0.4, -0.2) is 32.2 Å². The predicted molar refractivity (Wildman–Crippen MR) is 137 cm³/mol. The maximum atomic E-state index is 14.0. The summed E-state index contributed by atoms with van der Waals surface area (Å²) >= 11 is 5.67. The number of rotatable bonds is 6. The number of aromatic carboxylic acids is 2. The fourth-order valence-electron chi connectivity index (χ4n) is 4.38. The third-order valence-corrected chi connectivity index (χ3v) is 6.46. The number of benzene rings is 2. The summed E-state index contributed by atoms with van der Waals surface area (Å²) in [6, 6.07) is 16.4. The average molecular weight is 518 g/mol. The van der Waals surface area contributed by atoms with E-state index in [0.717, 1.165) is 6.07 Å². The van der Waals surface area contributed by atoms with Gasteiger partial charge < -0.3 is 24.8 Å². The summed E-state index contributed by atoms with van der Waals surface area (Å²) in [5.41, 5.74) is 1.76. The van der Waals surface area contributed by atoms with Crippen molar-refractivity contribution in [3.8, 4) is 11.3 Å².